The Morgan fingerprint density at radius 2 is 1.82 bits per heavy atom. The van der Waals surface area contributed by atoms with Crippen molar-refractivity contribution in [3.63, 3.8) is 0 Å². The van der Waals surface area contributed by atoms with E-state index in [0.29, 0.717) is 35.3 Å². The predicted molar refractivity (Wildman–Crippen MR) is 105 cm³/mol. The normalized spacial score (nSPS) is 10.7. The average molecular weight is 409 g/mol. The van der Waals surface area contributed by atoms with E-state index in [1.54, 1.807) is 12.1 Å². The zero-order chi connectivity index (χ0) is 20.7. The van der Waals surface area contributed by atoms with Crippen LogP contribution in [0, 0.1) is 20.2 Å². The number of anilines is 1. The van der Waals surface area contributed by atoms with E-state index in [9.17, 15) is 20.2 Å². The fourth-order valence-electron chi connectivity index (χ4n) is 2.27. The molecule has 10 nitrogen and oxygen atoms in total. The molecule has 0 amide bonds. The van der Waals surface area contributed by atoms with Crippen molar-refractivity contribution in [1.29, 1.82) is 0 Å². The molecule has 2 aromatic rings. The molecule has 0 saturated carbocycles. The Labute approximate surface area is 165 Å². The van der Waals surface area contributed by atoms with Gasteiger partial charge in [-0.1, -0.05) is 11.6 Å². The van der Waals surface area contributed by atoms with Crippen LogP contribution in [-0.4, -0.2) is 29.3 Å². The molecule has 2 aromatic carbocycles. The van der Waals surface area contributed by atoms with Gasteiger partial charge in [-0.15, -0.1) is 0 Å². The zero-order valence-corrected chi connectivity index (χ0v) is 15.8. The third-order valence-electron chi connectivity index (χ3n) is 3.41. The van der Waals surface area contributed by atoms with E-state index in [0.717, 1.165) is 12.1 Å². The first kappa shape index (κ1) is 20.9. The number of hydrazone groups is 1. The largest absolute Gasteiger partial charge is 0.490 e. The van der Waals surface area contributed by atoms with E-state index < -0.39 is 15.5 Å². The highest BCUT2D eigenvalue weighted by Gasteiger charge is 2.19. The van der Waals surface area contributed by atoms with Crippen LogP contribution >= 0.6 is 11.6 Å². The molecule has 0 heterocycles. The van der Waals surface area contributed by atoms with Gasteiger partial charge in [0.15, 0.2) is 11.5 Å². The van der Waals surface area contributed by atoms with E-state index in [-0.39, 0.29) is 11.4 Å². The number of nitrogens with one attached hydrogen (secondary N) is 1. The summed E-state index contributed by atoms with van der Waals surface area (Å²) in [7, 11) is 0. The van der Waals surface area contributed by atoms with Crippen LogP contribution in [-0.2, 0) is 0 Å². The van der Waals surface area contributed by atoms with Gasteiger partial charge in [-0.2, -0.15) is 5.10 Å². The number of halogens is 1. The molecule has 2 rings (SSSR count). The van der Waals surface area contributed by atoms with E-state index >= 15 is 0 Å². The molecule has 0 aromatic heterocycles. The first-order chi connectivity index (χ1) is 13.4. The molecular weight excluding hydrogens is 392 g/mol. The molecule has 1 N–H and O–H groups in total. The van der Waals surface area contributed by atoms with Crippen molar-refractivity contribution in [3.05, 3.63) is 61.1 Å². The van der Waals surface area contributed by atoms with Crippen LogP contribution in [0.15, 0.2) is 35.4 Å². The topological polar surface area (TPSA) is 129 Å². The molecule has 0 aliphatic heterocycles. The van der Waals surface area contributed by atoms with Crippen LogP contribution < -0.4 is 14.9 Å². The second kappa shape index (κ2) is 9.51. The number of ether oxygens (including phenoxy) is 2. The monoisotopic (exact) mass is 408 g/mol. The molecule has 0 aliphatic carbocycles. The minimum Gasteiger partial charge on any atom is -0.490 e. The van der Waals surface area contributed by atoms with Crippen molar-refractivity contribution in [2.45, 2.75) is 13.8 Å². The molecular formula is C17H17ClN4O6. The Morgan fingerprint density at radius 3 is 2.43 bits per heavy atom. The van der Waals surface area contributed by atoms with Crippen molar-refractivity contribution < 1.29 is 19.3 Å². The molecule has 0 fully saturated rings. The summed E-state index contributed by atoms with van der Waals surface area (Å²) >= 11 is 6.22. The standard InChI is InChI=1S/C17H17ClN4O6/c1-3-27-16-8-11(7-13(18)17(16)28-4-2)10-19-20-14-6-5-12(21(23)24)9-15(14)22(25)26/h5-10,20H,3-4H2,1-2H3/b19-10+. The van der Waals surface area contributed by atoms with E-state index in [2.05, 4.69) is 10.5 Å². The Kier molecular flexibility index (Phi) is 7.10. The minimum absolute atomic E-state index is 0.00825. The highest BCUT2D eigenvalue weighted by atomic mass is 35.5. The van der Waals surface area contributed by atoms with Crippen molar-refractivity contribution >= 4 is 34.9 Å². The fraction of sp³-hybridized carbons (Fsp3) is 0.235. The Hall–Kier alpha value is -3.40. The summed E-state index contributed by atoms with van der Waals surface area (Å²) in [5, 5.41) is 26.2. The Bertz CT molecular complexity index is 919. The molecule has 0 radical (unpaired) electrons. The summed E-state index contributed by atoms with van der Waals surface area (Å²) in [6.07, 6.45) is 1.38. The molecule has 0 atom stereocenters. The van der Waals surface area contributed by atoms with Crippen LogP contribution in [0.1, 0.15) is 19.4 Å². The number of nitro groups is 2. The number of non-ortho nitro benzene ring substituents is 1. The smallest absolute Gasteiger partial charge is 0.301 e. The highest BCUT2D eigenvalue weighted by molar-refractivity contribution is 6.32. The number of nitro benzene ring substituents is 2. The third kappa shape index (κ3) is 5.07. The van der Waals surface area contributed by atoms with Crippen LogP contribution in [0.5, 0.6) is 11.5 Å². The van der Waals surface area contributed by atoms with Crippen LogP contribution in [0.3, 0.4) is 0 Å². The lowest BCUT2D eigenvalue weighted by molar-refractivity contribution is -0.393. The summed E-state index contributed by atoms with van der Waals surface area (Å²) in [5.74, 6) is 0.863. The maximum absolute atomic E-state index is 11.1. The maximum Gasteiger partial charge on any atom is 0.301 e. The van der Waals surface area contributed by atoms with E-state index in [1.807, 2.05) is 13.8 Å². The number of hydrogen-bond donors (Lipinski definition) is 1. The summed E-state index contributed by atoms with van der Waals surface area (Å²) in [4.78, 5) is 20.5. The van der Waals surface area contributed by atoms with Crippen molar-refractivity contribution in [2.24, 2.45) is 5.10 Å². The Balaban J connectivity index is 2.27. The predicted octanol–water partition coefficient (Wildman–Crippen LogP) is 4.40. The zero-order valence-electron chi connectivity index (χ0n) is 15.0. The van der Waals surface area contributed by atoms with Gasteiger partial charge in [0.1, 0.15) is 5.69 Å². The minimum atomic E-state index is -0.730. The molecule has 148 valence electrons. The van der Waals surface area contributed by atoms with Gasteiger partial charge in [0.2, 0.25) is 0 Å². The number of rotatable bonds is 9. The first-order valence-corrected chi connectivity index (χ1v) is 8.56. The summed E-state index contributed by atoms with van der Waals surface area (Å²) < 4.78 is 11.0. The molecule has 0 aliphatic rings. The van der Waals surface area contributed by atoms with E-state index in [1.165, 1.54) is 12.3 Å². The lowest BCUT2D eigenvalue weighted by atomic mass is 10.2. The number of nitrogens with zero attached hydrogens (tertiary/aromatic N) is 3. The van der Waals surface area contributed by atoms with Gasteiger partial charge in [0.05, 0.1) is 40.4 Å². The van der Waals surface area contributed by atoms with Crippen LogP contribution in [0.25, 0.3) is 0 Å². The van der Waals surface area contributed by atoms with Crippen LogP contribution in [0.4, 0.5) is 17.1 Å². The number of benzene rings is 2. The summed E-state index contributed by atoms with van der Waals surface area (Å²) in [6.45, 7) is 4.46. The van der Waals surface area contributed by atoms with Gasteiger partial charge in [-0.3, -0.25) is 25.7 Å². The summed E-state index contributed by atoms with van der Waals surface area (Å²) in [5.41, 5.74) is 2.23. The lowest BCUT2D eigenvalue weighted by Gasteiger charge is -2.13. The van der Waals surface area contributed by atoms with E-state index in [4.69, 9.17) is 21.1 Å². The van der Waals surface area contributed by atoms with Gasteiger partial charge in [0.25, 0.3) is 5.69 Å². The average Bonchev–Trinajstić information content (AvgIpc) is 2.64. The molecule has 28 heavy (non-hydrogen) atoms. The van der Waals surface area contributed by atoms with Crippen molar-refractivity contribution in [2.75, 3.05) is 18.6 Å². The third-order valence-corrected chi connectivity index (χ3v) is 3.69. The number of hydrogen-bond acceptors (Lipinski definition) is 8. The van der Waals surface area contributed by atoms with Crippen LogP contribution in [0.2, 0.25) is 5.02 Å². The van der Waals surface area contributed by atoms with Gasteiger partial charge < -0.3 is 9.47 Å². The van der Waals surface area contributed by atoms with Gasteiger partial charge in [0, 0.05) is 6.07 Å². The highest BCUT2D eigenvalue weighted by Crippen LogP contribution is 2.36. The SMILES string of the molecule is CCOc1cc(/C=N/Nc2ccc([N+](=O)[O-])cc2[N+](=O)[O-])cc(Cl)c1OCC. The van der Waals surface area contributed by atoms with Gasteiger partial charge >= 0.3 is 5.69 Å². The quantitative estimate of drug-likeness (QED) is 0.369. The molecule has 0 spiro atoms. The second-order valence-corrected chi connectivity index (χ2v) is 5.69. The van der Waals surface area contributed by atoms with Crippen molar-refractivity contribution in [3.8, 4) is 11.5 Å². The molecule has 0 bridgehead atoms. The Morgan fingerprint density at radius 1 is 1.11 bits per heavy atom. The van der Waals surface area contributed by atoms with Gasteiger partial charge in [-0.05, 0) is 37.6 Å². The first-order valence-electron chi connectivity index (χ1n) is 8.18. The second-order valence-electron chi connectivity index (χ2n) is 5.28. The molecule has 11 heteroatoms. The fourth-order valence-corrected chi connectivity index (χ4v) is 2.54. The molecule has 0 unspecified atom stereocenters. The summed E-state index contributed by atoms with van der Waals surface area (Å²) in [6, 6.07) is 6.48. The lowest BCUT2D eigenvalue weighted by Crippen LogP contribution is -2.01. The molecule has 0 saturated heterocycles. The maximum atomic E-state index is 11.1. The van der Waals surface area contributed by atoms with Gasteiger partial charge in [-0.25, -0.2) is 0 Å². The van der Waals surface area contributed by atoms with Crippen molar-refractivity contribution in [1.82, 2.24) is 0 Å².